The van der Waals surface area contributed by atoms with Gasteiger partial charge in [0.2, 0.25) is 0 Å². The third-order valence-corrected chi connectivity index (χ3v) is 10.2. The van der Waals surface area contributed by atoms with Gasteiger partial charge in [-0.1, -0.05) is 29.8 Å². The first-order valence-electron chi connectivity index (χ1n) is 11.4. The molecule has 1 fully saturated rings. The molecule has 3 heterocycles. The normalized spacial score (nSPS) is 23.5. The summed E-state index contributed by atoms with van der Waals surface area (Å²) in [7, 11) is -1.82. The monoisotopic (exact) mass is 578 g/mol. The molecule has 0 radical (unpaired) electrons. The number of aliphatic hydroxyl groups is 1. The molecular formula is C25H23ClN2O8S2. The number of likely N-dealkylation sites (tertiary alicyclic amines) is 1. The van der Waals surface area contributed by atoms with Crippen LogP contribution in [0.2, 0.25) is 5.02 Å². The van der Waals surface area contributed by atoms with Crippen molar-refractivity contribution >= 4 is 50.5 Å². The van der Waals surface area contributed by atoms with Crippen molar-refractivity contribution in [3.63, 3.8) is 0 Å². The van der Waals surface area contributed by atoms with Crippen molar-refractivity contribution in [2.45, 2.75) is 28.3 Å². The molecule has 0 aliphatic carbocycles. The van der Waals surface area contributed by atoms with Gasteiger partial charge < -0.3 is 19.7 Å². The number of hydrogen-bond donors (Lipinski definition) is 2. The fraction of sp³-hybridized carbons (Fsp3) is 0.280. The number of sulfonamides is 1. The Bertz CT molecular complexity index is 1540. The van der Waals surface area contributed by atoms with Gasteiger partial charge in [0.05, 0.1) is 26.0 Å². The molecule has 0 saturated carbocycles. The average Bonchev–Trinajstić information content (AvgIpc) is 3.59. The van der Waals surface area contributed by atoms with Gasteiger partial charge in [-0.2, -0.15) is 12.7 Å². The summed E-state index contributed by atoms with van der Waals surface area (Å²) < 4.78 is 39.5. The van der Waals surface area contributed by atoms with E-state index in [0.717, 1.165) is 11.3 Å². The van der Waals surface area contributed by atoms with E-state index < -0.39 is 39.6 Å². The Morgan fingerprint density at radius 3 is 2.50 bits per heavy atom. The molecule has 1 saturated heterocycles. The van der Waals surface area contributed by atoms with E-state index in [0.29, 0.717) is 4.31 Å². The van der Waals surface area contributed by atoms with Crippen molar-refractivity contribution in [2.24, 2.45) is 0 Å². The zero-order chi connectivity index (χ0) is 27.4. The number of β-amino-alcohol motifs (C(OH)–C–C–N with tert-alkyl or cyclic N) is 1. The third kappa shape index (κ3) is 3.70. The number of rotatable bonds is 7. The second kappa shape index (κ2) is 9.54. The number of benzene rings is 2. The highest BCUT2D eigenvalue weighted by atomic mass is 35.5. The van der Waals surface area contributed by atoms with E-state index in [-0.39, 0.29) is 50.5 Å². The number of thiophene rings is 1. The number of carbonyl (C=O) groups is 2. The number of ether oxygens (including phenoxy) is 2. The average molecular weight is 579 g/mol. The number of carboxylic acid groups (broad SMARTS) is 1. The highest BCUT2D eigenvalue weighted by molar-refractivity contribution is 7.95. The molecule has 1 aromatic heterocycles. The van der Waals surface area contributed by atoms with Gasteiger partial charge in [0, 0.05) is 29.1 Å². The Morgan fingerprint density at radius 2 is 1.82 bits per heavy atom. The minimum absolute atomic E-state index is 0.00582. The van der Waals surface area contributed by atoms with E-state index >= 15 is 0 Å². The van der Waals surface area contributed by atoms with Crippen LogP contribution >= 0.6 is 22.9 Å². The molecular weight excluding hydrogens is 556 g/mol. The quantitative estimate of drug-likeness (QED) is 0.434. The second-order valence-corrected chi connectivity index (χ2v) is 12.2. The Morgan fingerprint density at radius 1 is 1.11 bits per heavy atom. The molecule has 38 heavy (non-hydrogen) atoms. The number of para-hydroxylation sites is 1. The molecule has 13 heteroatoms. The summed E-state index contributed by atoms with van der Waals surface area (Å²) in [5.41, 5.74) is -1.64. The Kier molecular flexibility index (Phi) is 6.64. The van der Waals surface area contributed by atoms with E-state index in [1.807, 2.05) is 0 Å². The lowest BCUT2D eigenvalue weighted by atomic mass is 9.81. The fourth-order valence-electron chi connectivity index (χ4n) is 5.35. The summed E-state index contributed by atoms with van der Waals surface area (Å²) in [5, 5.41) is 22.4. The lowest BCUT2D eigenvalue weighted by Crippen LogP contribution is -2.58. The van der Waals surface area contributed by atoms with Gasteiger partial charge >= 0.3 is 5.97 Å². The number of nitrogens with zero attached hydrogens (tertiary/aromatic N) is 2. The predicted molar refractivity (Wildman–Crippen MR) is 140 cm³/mol. The lowest BCUT2D eigenvalue weighted by Gasteiger charge is -2.40. The number of aliphatic hydroxyl groups excluding tert-OH is 1. The van der Waals surface area contributed by atoms with Crippen molar-refractivity contribution in [2.75, 3.05) is 25.1 Å². The van der Waals surface area contributed by atoms with Crippen molar-refractivity contribution < 1.29 is 37.7 Å². The van der Waals surface area contributed by atoms with Gasteiger partial charge in [-0.25, -0.2) is 0 Å². The summed E-state index contributed by atoms with van der Waals surface area (Å²) in [4.78, 5) is 28.5. The maximum absolute atomic E-state index is 14.8. The van der Waals surface area contributed by atoms with E-state index in [1.165, 1.54) is 48.8 Å². The van der Waals surface area contributed by atoms with Crippen LogP contribution < -0.4 is 13.8 Å². The summed E-state index contributed by atoms with van der Waals surface area (Å²) in [6.45, 7) is -0.219. The highest BCUT2D eigenvalue weighted by Crippen LogP contribution is 2.55. The number of hydrogen-bond acceptors (Lipinski definition) is 9. The molecule has 2 N–H and O–H groups in total. The first-order valence-corrected chi connectivity index (χ1v) is 14.1. The van der Waals surface area contributed by atoms with Crippen LogP contribution in [0.4, 0.5) is 5.69 Å². The van der Waals surface area contributed by atoms with Crippen LogP contribution in [0, 0.1) is 0 Å². The van der Waals surface area contributed by atoms with E-state index in [4.69, 9.17) is 21.1 Å². The van der Waals surface area contributed by atoms with Crippen LogP contribution in [-0.4, -0.2) is 68.3 Å². The minimum atomic E-state index is -4.54. The highest BCUT2D eigenvalue weighted by Gasteiger charge is 2.64. The maximum Gasteiger partial charge on any atom is 0.321 e. The number of methoxy groups -OCH3 is 2. The smallest absolute Gasteiger partial charge is 0.321 e. The van der Waals surface area contributed by atoms with E-state index in [1.54, 1.807) is 24.3 Å². The molecule has 1 unspecified atom stereocenters. The molecule has 2 aliphatic rings. The van der Waals surface area contributed by atoms with Crippen molar-refractivity contribution in [1.82, 2.24) is 4.90 Å². The molecule has 3 atom stereocenters. The number of anilines is 1. The van der Waals surface area contributed by atoms with Crippen LogP contribution in [0.3, 0.4) is 0 Å². The predicted octanol–water partition coefficient (Wildman–Crippen LogP) is 2.92. The number of carboxylic acids is 1. The lowest BCUT2D eigenvalue weighted by molar-refractivity contribution is -0.145. The first-order chi connectivity index (χ1) is 18.1. The SMILES string of the molecule is COc1ccccc1C1(N2C[C@H](O)C[C@H]2C(=O)O)C(=O)N(S(=O)(=O)c2sccc2OC)c2ccc(Cl)cc21. The standard InChI is InChI=1S/C25H23ClN2O8S2/c1-35-20-6-4-3-5-16(20)25(27-13-15(29)12-19(27)22(30)31)17-11-14(26)7-8-18(17)28(24(25)32)38(33,34)23-21(36-2)9-10-37-23/h3-11,15,19,29H,12-13H2,1-2H3,(H,30,31)/t15-,19+,25?/m1/s1. The van der Waals surface area contributed by atoms with Gasteiger partial charge in [0.25, 0.3) is 15.9 Å². The van der Waals surface area contributed by atoms with Crippen LogP contribution in [0.1, 0.15) is 17.5 Å². The topological polar surface area (TPSA) is 134 Å². The Balaban J connectivity index is 1.88. The van der Waals surface area contributed by atoms with Crippen molar-refractivity contribution in [3.05, 3.63) is 70.1 Å². The number of amides is 1. The van der Waals surface area contributed by atoms with Gasteiger partial charge in [-0.3, -0.25) is 14.5 Å². The molecule has 1 amide bonds. The third-order valence-electron chi connectivity index (χ3n) is 6.84. The van der Waals surface area contributed by atoms with Crippen LogP contribution in [0.15, 0.2) is 58.1 Å². The van der Waals surface area contributed by atoms with Crippen LogP contribution in [-0.2, 0) is 25.2 Å². The Labute approximate surface area is 227 Å². The number of aliphatic carboxylic acids is 1. The zero-order valence-electron chi connectivity index (χ0n) is 20.2. The van der Waals surface area contributed by atoms with E-state index in [2.05, 4.69) is 0 Å². The summed E-state index contributed by atoms with van der Waals surface area (Å²) in [6, 6.07) is 11.0. The van der Waals surface area contributed by atoms with Crippen LogP contribution in [0.5, 0.6) is 11.5 Å². The first kappa shape index (κ1) is 26.4. The largest absolute Gasteiger partial charge is 0.496 e. The molecule has 0 bridgehead atoms. The van der Waals surface area contributed by atoms with Gasteiger partial charge in [0.15, 0.2) is 9.75 Å². The van der Waals surface area contributed by atoms with Gasteiger partial charge in [0.1, 0.15) is 17.5 Å². The van der Waals surface area contributed by atoms with Gasteiger partial charge in [-0.05, 0) is 35.7 Å². The molecule has 5 rings (SSSR count). The summed E-state index contributed by atoms with van der Waals surface area (Å²) >= 11 is 7.27. The number of carbonyl (C=O) groups excluding carboxylic acids is 1. The van der Waals surface area contributed by atoms with Crippen molar-refractivity contribution in [1.29, 1.82) is 0 Å². The molecule has 0 spiro atoms. The fourth-order valence-corrected chi connectivity index (χ4v) is 8.32. The van der Waals surface area contributed by atoms with Gasteiger partial charge in [-0.15, -0.1) is 11.3 Å². The number of halogens is 1. The maximum atomic E-state index is 14.8. The Hall–Kier alpha value is -3.16. The summed E-state index contributed by atoms with van der Waals surface area (Å²) in [6.07, 6.45) is -1.25. The second-order valence-electron chi connectivity index (χ2n) is 8.82. The van der Waals surface area contributed by atoms with Crippen molar-refractivity contribution in [3.8, 4) is 11.5 Å². The molecule has 2 aliphatic heterocycles. The van der Waals surface area contributed by atoms with E-state index in [9.17, 15) is 28.2 Å². The molecule has 2 aromatic carbocycles. The van der Waals surface area contributed by atoms with Crippen LogP contribution in [0.25, 0.3) is 0 Å². The number of fused-ring (bicyclic) bond motifs is 1. The molecule has 200 valence electrons. The molecule has 3 aromatic rings. The molecule has 10 nitrogen and oxygen atoms in total. The minimum Gasteiger partial charge on any atom is -0.496 e. The summed E-state index contributed by atoms with van der Waals surface area (Å²) in [5.74, 6) is -1.93. The zero-order valence-corrected chi connectivity index (χ0v) is 22.6.